The van der Waals surface area contributed by atoms with Crippen molar-refractivity contribution in [3.63, 3.8) is 0 Å². The molecular formula is C27H19Cl2NO4. The molecule has 0 spiro atoms. The normalized spacial score (nSPS) is 17.7. The third kappa shape index (κ3) is 5.28. The number of nitrogens with zero attached hydrogens (tertiary/aromatic N) is 1. The van der Waals surface area contributed by atoms with Crippen molar-refractivity contribution < 1.29 is 19.1 Å². The summed E-state index contributed by atoms with van der Waals surface area (Å²) in [7, 11) is 0. The number of amides is 1. The lowest BCUT2D eigenvalue weighted by Crippen LogP contribution is -2.45. The number of halogens is 2. The molecule has 0 saturated heterocycles. The summed E-state index contributed by atoms with van der Waals surface area (Å²) in [6, 6.07) is 21.8. The van der Waals surface area contributed by atoms with Gasteiger partial charge < -0.3 is 9.64 Å². The van der Waals surface area contributed by atoms with Gasteiger partial charge in [-0.15, -0.1) is 0 Å². The van der Waals surface area contributed by atoms with E-state index in [1.165, 1.54) is 41.5 Å². The minimum absolute atomic E-state index is 0.144. The molecule has 1 aliphatic heterocycles. The number of ketones is 1. The number of ether oxygens (including phenoxy) is 1. The zero-order valence-electron chi connectivity index (χ0n) is 17.8. The molecule has 0 bridgehead atoms. The molecule has 3 aromatic carbocycles. The second kappa shape index (κ2) is 10.5. The molecule has 3 aromatic rings. The molecule has 4 rings (SSSR count). The zero-order chi connectivity index (χ0) is 24.1. The maximum atomic E-state index is 13.1. The van der Waals surface area contributed by atoms with Crippen LogP contribution in [0.5, 0.6) is 0 Å². The van der Waals surface area contributed by atoms with E-state index in [1.54, 1.807) is 30.3 Å². The zero-order valence-corrected chi connectivity index (χ0v) is 19.3. The Kier molecular flexibility index (Phi) is 7.26. The summed E-state index contributed by atoms with van der Waals surface area (Å²) in [5.41, 5.74) is 1.64. The van der Waals surface area contributed by atoms with E-state index in [4.69, 9.17) is 27.9 Å². The molecule has 0 fully saturated rings. The predicted molar refractivity (Wildman–Crippen MR) is 131 cm³/mol. The summed E-state index contributed by atoms with van der Waals surface area (Å²) in [6.45, 7) is 0. The monoisotopic (exact) mass is 491 g/mol. The lowest BCUT2D eigenvalue weighted by molar-refractivity contribution is -0.135. The van der Waals surface area contributed by atoms with Gasteiger partial charge in [0.15, 0.2) is 11.9 Å². The van der Waals surface area contributed by atoms with Crippen LogP contribution in [0.15, 0.2) is 97.2 Å². The molecule has 5 nitrogen and oxygen atoms in total. The lowest BCUT2D eigenvalue weighted by atomic mass is 9.94. The number of carbonyl (C=O) groups excluding carboxylic acids is 3. The maximum Gasteiger partial charge on any atom is 0.338 e. The molecule has 170 valence electrons. The van der Waals surface area contributed by atoms with Crippen molar-refractivity contribution in [1.29, 1.82) is 0 Å². The Morgan fingerprint density at radius 2 is 1.56 bits per heavy atom. The fraction of sp³-hybridized carbons (Fsp3) is 0.0741. The fourth-order valence-electron chi connectivity index (χ4n) is 3.59. The summed E-state index contributed by atoms with van der Waals surface area (Å²) < 4.78 is 5.64. The van der Waals surface area contributed by atoms with E-state index < -0.39 is 23.9 Å². The third-order valence-corrected chi connectivity index (χ3v) is 6.01. The minimum atomic E-state index is -1.25. The Morgan fingerprint density at radius 1 is 0.882 bits per heavy atom. The van der Waals surface area contributed by atoms with Crippen molar-refractivity contribution in [2.24, 2.45) is 0 Å². The number of rotatable bonds is 5. The van der Waals surface area contributed by atoms with Crippen LogP contribution in [0, 0.1) is 0 Å². The van der Waals surface area contributed by atoms with Crippen LogP contribution in [0.4, 0.5) is 0 Å². The SMILES string of the molecule is O=C(O[C@H]1C(=O)C=CN(C(=O)/C=C/c2ccccc2)[C@@H]1c1ccccc1)c1ccc(Cl)c(Cl)c1. The summed E-state index contributed by atoms with van der Waals surface area (Å²) in [4.78, 5) is 40.3. The Balaban J connectivity index is 1.66. The van der Waals surface area contributed by atoms with Gasteiger partial charge in [-0.2, -0.15) is 0 Å². The van der Waals surface area contributed by atoms with E-state index in [-0.39, 0.29) is 16.5 Å². The third-order valence-electron chi connectivity index (χ3n) is 5.27. The second-order valence-electron chi connectivity index (χ2n) is 7.52. The summed E-state index contributed by atoms with van der Waals surface area (Å²) in [6.07, 6.45) is 4.51. The van der Waals surface area contributed by atoms with E-state index in [9.17, 15) is 14.4 Å². The quantitative estimate of drug-likeness (QED) is 0.329. The average molecular weight is 492 g/mol. The van der Waals surface area contributed by atoms with Gasteiger partial charge in [-0.25, -0.2) is 4.79 Å². The fourth-order valence-corrected chi connectivity index (χ4v) is 3.88. The molecule has 1 heterocycles. The highest BCUT2D eigenvalue weighted by molar-refractivity contribution is 6.42. The summed E-state index contributed by atoms with van der Waals surface area (Å²) in [5, 5.41) is 0.479. The minimum Gasteiger partial charge on any atom is -0.448 e. The van der Waals surface area contributed by atoms with E-state index in [0.29, 0.717) is 10.6 Å². The Morgan fingerprint density at radius 3 is 2.24 bits per heavy atom. The highest BCUT2D eigenvalue weighted by Gasteiger charge is 2.40. The van der Waals surface area contributed by atoms with Crippen molar-refractivity contribution in [3.8, 4) is 0 Å². The van der Waals surface area contributed by atoms with Gasteiger partial charge in [0.2, 0.25) is 0 Å². The lowest BCUT2D eigenvalue weighted by Gasteiger charge is -2.36. The van der Waals surface area contributed by atoms with E-state index in [1.807, 2.05) is 36.4 Å². The first-order valence-corrected chi connectivity index (χ1v) is 11.2. The van der Waals surface area contributed by atoms with Gasteiger partial charge in [0.25, 0.3) is 5.91 Å². The first kappa shape index (κ1) is 23.5. The van der Waals surface area contributed by atoms with Gasteiger partial charge >= 0.3 is 5.97 Å². The largest absolute Gasteiger partial charge is 0.448 e. The number of carbonyl (C=O) groups is 3. The van der Waals surface area contributed by atoms with Crippen LogP contribution in [-0.4, -0.2) is 28.7 Å². The Hall–Kier alpha value is -3.67. The first-order valence-electron chi connectivity index (χ1n) is 10.4. The first-order chi connectivity index (χ1) is 16.4. The highest BCUT2D eigenvalue weighted by Crippen LogP contribution is 2.32. The van der Waals surface area contributed by atoms with Gasteiger partial charge in [0.05, 0.1) is 15.6 Å². The smallest absolute Gasteiger partial charge is 0.338 e. The Labute approximate surface area is 206 Å². The topological polar surface area (TPSA) is 63.7 Å². The van der Waals surface area contributed by atoms with E-state index in [0.717, 1.165) is 5.56 Å². The van der Waals surface area contributed by atoms with E-state index in [2.05, 4.69) is 0 Å². The van der Waals surface area contributed by atoms with Crippen LogP contribution < -0.4 is 0 Å². The van der Waals surface area contributed by atoms with Crippen molar-refractivity contribution >= 4 is 46.9 Å². The van der Waals surface area contributed by atoms with Crippen LogP contribution in [0.25, 0.3) is 6.08 Å². The molecule has 0 aliphatic carbocycles. The molecule has 1 amide bonds. The predicted octanol–water partition coefficient (Wildman–Crippen LogP) is 5.90. The molecule has 2 atom stereocenters. The standard InChI is InChI=1S/C27H19Cl2NO4/c28-21-13-12-20(17-22(21)29)27(33)34-26-23(31)15-16-30(25(26)19-9-5-2-6-10-19)24(32)14-11-18-7-3-1-4-8-18/h1-17,25-26H/b14-11+/t25-,26+/m1/s1. The molecule has 7 heteroatoms. The van der Waals surface area contributed by atoms with Crippen LogP contribution in [0.1, 0.15) is 27.5 Å². The van der Waals surface area contributed by atoms with Crippen LogP contribution in [-0.2, 0) is 14.3 Å². The van der Waals surface area contributed by atoms with Crippen LogP contribution in [0.2, 0.25) is 10.0 Å². The van der Waals surface area contributed by atoms with Crippen LogP contribution in [0.3, 0.4) is 0 Å². The van der Waals surface area contributed by atoms with Crippen molar-refractivity contribution in [2.75, 3.05) is 0 Å². The summed E-state index contributed by atoms with van der Waals surface area (Å²) >= 11 is 12.0. The molecule has 0 N–H and O–H groups in total. The van der Waals surface area contributed by atoms with Crippen molar-refractivity contribution in [3.05, 3.63) is 124 Å². The van der Waals surface area contributed by atoms with Gasteiger partial charge in [-0.3, -0.25) is 9.59 Å². The molecule has 1 aliphatic rings. The summed E-state index contributed by atoms with van der Waals surface area (Å²) in [5.74, 6) is -1.55. The molecule has 34 heavy (non-hydrogen) atoms. The number of hydrogen-bond acceptors (Lipinski definition) is 4. The van der Waals surface area contributed by atoms with Gasteiger partial charge in [-0.1, -0.05) is 83.9 Å². The van der Waals surface area contributed by atoms with Gasteiger partial charge in [0.1, 0.15) is 6.04 Å². The number of benzene rings is 3. The molecule has 0 saturated carbocycles. The van der Waals surface area contributed by atoms with Gasteiger partial charge in [0, 0.05) is 18.4 Å². The van der Waals surface area contributed by atoms with Gasteiger partial charge in [-0.05, 0) is 35.4 Å². The highest BCUT2D eigenvalue weighted by atomic mass is 35.5. The van der Waals surface area contributed by atoms with Crippen LogP contribution >= 0.6 is 23.2 Å². The molecule has 0 unspecified atom stereocenters. The van der Waals surface area contributed by atoms with Crippen molar-refractivity contribution in [2.45, 2.75) is 12.1 Å². The van der Waals surface area contributed by atoms with E-state index >= 15 is 0 Å². The molecule has 0 radical (unpaired) electrons. The maximum absolute atomic E-state index is 13.1. The average Bonchev–Trinajstić information content (AvgIpc) is 2.86. The van der Waals surface area contributed by atoms with Crippen molar-refractivity contribution in [1.82, 2.24) is 4.90 Å². The number of esters is 1. The number of hydrogen-bond donors (Lipinski definition) is 0. The molecule has 0 aromatic heterocycles. The second-order valence-corrected chi connectivity index (χ2v) is 8.33. The molecular weight excluding hydrogens is 473 g/mol. The Bertz CT molecular complexity index is 1270.